The van der Waals surface area contributed by atoms with Crippen LogP contribution in [0.5, 0.6) is 11.5 Å². The summed E-state index contributed by atoms with van der Waals surface area (Å²) >= 11 is 0. The maximum atomic E-state index is 9.45. The Morgan fingerprint density at radius 2 is 0.821 bits per heavy atom. The molecule has 0 bridgehead atoms. The fourth-order valence-corrected chi connectivity index (χ4v) is 4.12. The first kappa shape index (κ1) is 36.6. The van der Waals surface area contributed by atoms with Gasteiger partial charge in [0.05, 0.1) is 0 Å². The standard InChI is InChI=1S/2C10H14O.2C8H11.Zr/c2*1-10(2,3)8-6-4-5-7-9(8)11;2*1-6-4-7(2)8(3)5-6;/h2*4-7,11H,1-3H3;2*4-5H,1-3H3;/q;;2*-1;+2. The molecule has 0 aliphatic carbocycles. The molecule has 39 heavy (non-hydrogen) atoms. The van der Waals surface area contributed by atoms with Crippen LogP contribution in [0, 0.1) is 41.5 Å². The van der Waals surface area contributed by atoms with Crippen molar-refractivity contribution in [2.45, 2.75) is 93.9 Å². The molecule has 2 N–H and O–H groups in total. The molecule has 0 amide bonds. The molecule has 2 nitrogen and oxygen atoms in total. The molecule has 210 valence electrons. The molecule has 0 atom stereocenters. The molecule has 0 saturated heterocycles. The molecule has 3 heteroatoms. The van der Waals surface area contributed by atoms with Crippen LogP contribution in [0.25, 0.3) is 0 Å². The maximum Gasteiger partial charge on any atom is 2.00 e. The maximum absolute atomic E-state index is 9.45. The number of aromatic hydroxyl groups is 2. The molecular formula is C36H50O2Zr. The minimum Gasteiger partial charge on any atom is -0.508 e. The van der Waals surface area contributed by atoms with Gasteiger partial charge in [-0.1, -0.05) is 119 Å². The van der Waals surface area contributed by atoms with Crippen LogP contribution in [0.2, 0.25) is 0 Å². The third kappa shape index (κ3) is 13.0. The zero-order valence-electron chi connectivity index (χ0n) is 26.3. The van der Waals surface area contributed by atoms with Gasteiger partial charge in [0.2, 0.25) is 0 Å². The van der Waals surface area contributed by atoms with Gasteiger partial charge in [0, 0.05) is 0 Å². The molecule has 0 heterocycles. The van der Waals surface area contributed by atoms with E-state index in [1.165, 1.54) is 33.4 Å². The topological polar surface area (TPSA) is 40.5 Å². The smallest absolute Gasteiger partial charge is 0.508 e. The molecule has 0 unspecified atom stereocenters. The van der Waals surface area contributed by atoms with Gasteiger partial charge < -0.3 is 10.2 Å². The van der Waals surface area contributed by atoms with Crippen molar-refractivity contribution in [2.24, 2.45) is 0 Å². The van der Waals surface area contributed by atoms with Crippen LogP contribution in [0.15, 0.2) is 72.8 Å². The summed E-state index contributed by atoms with van der Waals surface area (Å²) in [6.45, 7) is 25.3. The first-order chi connectivity index (χ1) is 17.4. The van der Waals surface area contributed by atoms with Gasteiger partial charge in [0.1, 0.15) is 11.5 Å². The van der Waals surface area contributed by atoms with Crippen LogP contribution in [-0.4, -0.2) is 10.2 Å². The fraction of sp³-hybridized carbons (Fsp3) is 0.389. The molecule has 0 saturated carbocycles. The van der Waals surface area contributed by atoms with Gasteiger partial charge in [-0.3, -0.25) is 0 Å². The molecule has 4 aromatic carbocycles. The minimum absolute atomic E-state index is 0. The quantitative estimate of drug-likeness (QED) is 0.196. The monoisotopic (exact) mass is 604 g/mol. The average Bonchev–Trinajstić information content (AvgIpc) is 3.25. The number of rotatable bonds is 0. The van der Waals surface area contributed by atoms with Gasteiger partial charge in [-0.2, -0.15) is 34.4 Å². The molecule has 4 aromatic rings. The minimum atomic E-state index is 0. The van der Waals surface area contributed by atoms with E-state index in [-0.39, 0.29) is 37.0 Å². The van der Waals surface area contributed by atoms with Gasteiger partial charge >= 0.3 is 26.2 Å². The Hall–Kier alpha value is -2.38. The Bertz CT molecular complexity index is 1120. The average molecular weight is 606 g/mol. The van der Waals surface area contributed by atoms with Crippen LogP contribution in [0.4, 0.5) is 0 Å². The fourth-order valence-electron chi connectivity index (χ4n) is 4.12. The van der Waals surface area contributed by atoms with Crippen LogP contribution in [0.1, 0.15) is 86.1 Å². The van der Waals surface area contributed by atoms with Gasteiger partial charge in [0.25, 0.3) is 0 Å². The molecule has 0 spiro atoms. The van der Waals surface area contributed by atoms with E-state index in [0.29, 0.717) is 11.5 Å². The van der Waals surface area contributed by atoms with Gasteiger partial charge in [-0.05, 0) is 34.1 Å². The second-order valence-electron chi connectivity index (χ2n) is 12.3. The zero-order valence-corrected chi connectivity index (χ0v) is 28.8. The number of para-hydroxylation sites is 2. The van der Waals surface area contributed by atoms with Crippen molar-refractivity contribution in [2.75, 3.05) is 0 Å². The van der Waals surface area contributed by atoms with Crippen molar-refractivity contribution >= 4 is 0 Å². The van der Waals surface area contributed by atoms with E-state index in [1.54, 1.807) is 12.1 Å². The van der Waals surface area contributed by atoms with Crippen LogP contribution < -0.4 is 0 Å². The van der Waals surface area contributed by atoms with Crippen molar-refractivity contribution in [3.05, 3.63) is 117 Å². The molecular weight excluding hydrogens is 556 g/mol. The summed E-state index contributed by atoms with van der Waals surface area (Å²) in [5.74, 6) is 0.778. The van der Waals surface area contributed by atoms with E-state index < -0.39 is 0 Å². The van der Waals surface area contributed by atoms with E-state index >= 15 is 0 Å². The number of phenols is 2. The molecule has 0 fully saturated rings. The van der Waals surface area contributed by atoms with Gasteiger partial charge in [-0.15, -0.1) is 0 Å². The first-order valence-corrected chi connectivity index (χ1v) is 13.4. The Morgan fingerprint density at radius 3 is 0.949 bits per heavy atom. The summed E-state index contributed by atoms with van der Waals surface area (Å²) in [5.41, 5.74) is 10.4. The van der Waals surface area contributed by atoms with Crippen molar-refractivity contribution in [1.82, 2.24) is 0 Å². The van der Waals surface area contributed by atoms with Gasteiger partial charge in [0.15, 0.2) is 0 Å². The second-order valence-corrected chi connectivity index (χ2v) is 12.3. The summed E-state index contributed by atoms with van der Waals surface area (Å²) < 4.78 is 0. The Labute approximate surface area is 258 Å². The van der Waals surface area contributed by atoms with E-state index in [0.717, 1.165) is 11.1 Å². The Kier molecular flexibility index (Phi) is 15.0. The van der Waals surface area contributed by atoms with Crippen LogP contribution in [-0.2, 0) is 37.0 Å². The van der Waals surface area contributed by atoms with Crippen LogP contribution in [0.3, 0.4) is 0 Å². The normalized spacial score (nSPS) is 10.6. The summed E-state index contributed by atoms with van der Waals surface area (Å²) in [6, 6.07) is 23.7. The van der Waals surface area contributed by atoms with Crippen molar-refractivity contribution in [3.63, 3.8) is 0 Å². The van der Waals surface area contributed by atoms with E-state index in [2.05, 4.69) is 107 Å². The Morgan fingerprint density at radius 1 is 0.538 bits per heavy atom. The first-order valence-electron chi connectivity index (χ1n) is 13.4. The largest absolute Gasteiger partial charge is 2.00 e. The van der Waals surface area contributed by atoms with Crippen molar-refractivity contribution in [1.29, 1.82) is 0 Å². The number of benzene rings is 2. The predicted octanol–water partition coefficient (Wildman–Crippen LogP) is 10.0. The van der Waals surface area contributed by atoms with E-state index in [9.17, 15) is 10.2 Å². The van der Waals surface area contributed by atoms with E-state index in [4.69, 9.17) is 0 Å². The number of hydrogen-bond acceptors (Lipinski definition) is 2. The zero-order chi connectivity index (χ0) is 29.3. The SMILES string of the molecule is CC(C)(C)c1ccccc1O.CC(C)(C)c1ccccc1O.Cc1cc(C)[c-](C)c1.Cc1cc(C)[c-](C)c1.[Zr+2]. The number of aryl methyl sites for hydroxylation is 6. The van der Waals surface area contributed by atoms with Crippen LogP contribution >= 0.6 is 0 Å². The Balaban J connectivity index is 0.000000495. The number of hydrogen-bond donors (Lipinski definition) is 2. The van der Waals surface area contributed by atoms with Gasteiger partial charge in [-0.25, -0.2) is 23.3 Å². The molecule has 0 aliphatic rings. The summed E-state index contributed by atoms with van der Waals surface area (Å²) in [5, 5.41) is 18.9. The van der Waals surface area contributed by atoms with E-state index in [1.807, 2.05) is 36.4 Å². The third-order valence-corrected chi connectivity index (χ3v) is 6.44. The third-order valence-electron chi connectivity index (χ3n) is 6.44. The number of phenolic OH excluding ortho intramolecular Hbond substituents is 2. The summed E-state index contributed by atoms with van der Waals surface area (Å²) in [7, 11) is 0. The predicted molar refractivity (Wildman–Crippen MR) is 166 cm³/mol. The van der Waals surface area contributed by atoms with Crippen molar-refractivity contribution in [3.8, 4) is 11.5 Å². The second kappa shape index (κ2) is 16.0. The molecule has 4 rings (SSSR count). The summed E-state index contributed by atoms with van der Waals surface area (Å²) in [4.78, 5) is 0. The summed E-state index contributed by atoms with van der Waals surface area (Å²) in [6.07, 6.45) is 0. The molecule has 0 radical (unpaired) electrons. The van der Waals surface area contributed by atoms with Crippen molar-refractivity contribution < 1.29 is 36.4 Å². The molecule has 0 aromatic heterocycles. The molecule has 0 aliphatic heterocycles.